The highest BCUT2D eigenvalue weighted by Gasteiger charge is 2.54. The van der Waals surface area contributed by atoms with Gasteiger partial charge in [0.1, 0.15) is 17.2 Å². The summed E-state index contributed by atoms with van der Waals surface area (Å²) in [5.74, 6) is -0.344. The van der Waals surface area contributed by atoms with E-state index in [-0.39, 0.29) is 61.4 Å². The summed E-state index contributed by atoms with van der Waals surface area (Å²) in [6.07, 6.45) is 15.5. The van der Waals surface area contributed by atoms with Crippen LogP contribution in [0.2, 0.25) is 30.1 Å². The minimum absolute atomic E-state index is 0.00880. The number of hydrogen-bond donors (Lipinski definition) is 6. The number of fused-ring (bicyclic) bond motifs is 2. The minimum atomic E-state index is -0.816. The summed E-state index contributed by atoms with van der Waals surface area (Å²) >= 11 is 42.9. The van der Waals surface area contributed by atoms with Crippen LogP contribution in [0, 0.1) is 0 Å². The van der Waals surface area contributed by atoms with Crippen molar-refractivity contribution in [1.29, 1.82) is 0 Å². The van der Waals surface area contributed by atoms with E-state index in [2.05, 4.69) is 82.6 Å². The Morgan fingerprint density at radius 1 is 0.467 bits per heavy atom. The number of nitrogens with one attached hydrogen (secondary N) is 2. The van der Waals surface area contributed by atoms with Crippen LogP contribution in [-0.4, -0.2) is 116 Å². The molecule has 4 fully saturated rings. The number of esters is 1. The molecule has 2 amide bonds. The normalized spacial score (nSPS) is 15.1. The van der Waals surface area contributed by atoms with Crippen molar-refractivity contribution in [2.45, 2.75) is 211 Å². The number of carboxylic acid groups (broad SMARTS) is 1. The number of carbonyl (C=O) groups excluding carboxylic acids is 6. The van der Waals surface area contributed by atoms with Gasteiger partial charge in [-0.3, -0.25) is 34.6 Å². The quantitative estimate of drug-likeness (QED) is 0.0152. The number of amides is 2. The van der Waals surface area contributed by atoms with E-state index in [1.807, 2.05) is 122 Å². The van der Waals surface area contributed by atoms with Crippen molar-refractivity contribution in [2.24, 2.45) is 0 Å². The number of aliphatic hydroxyl groups is 3. The van der Waals surface area contributed by atoms with Crippen LogP contribution in [0.1, 0.15) is 180 Å². The van der Waals surface area contributed by atoms with E-state index in [9.17, 15) is 33.6 Å². The molecule has 14 rings (SSSR count). The van der Waals surface area contributed by atoms with Crippen molar-refractivity contribution in [1.82, 2.24) is 10.6 Å². The third-order valence-electron chi connectivity index (χ3n) is 21.0. The second-order valence-corrected chi connectivity index (χ2v) is 35.8. The molecule has 0 atom stereocenters. The molecule has 0 radical (unpaired) electrons. The van der Waals surface area contributed by atoms with Gasteiger partial charge in [-0.05, 0) is 265 Å². The molecule has 640 valence electrons. The summed E-state index contributed by atoms with van der Waals surface area (Å²) in [6.45, 7) is 14.3. The molecule has 0 saturated heterocycles. The van der Waals surface area contributed by atoms with Gasteiger partial charge in [-0.25, -0.2) is 0 Å². The number of allylic oxidation sites excluding steroid dienone is 1. The number of halogens is 8. The zero-order valence-corrected chi connectivity index (χ0v) is 76.3. The molecule has 8 aromatic carbocycles. The molecular weight excluding hydrogens is 1780 g/mol. The van der Waals surface area contributed by atoms with Gasteiger partial charge in [-0.1, -0.05) is 186 Å². The highest BCUT2D eigenvalue weighted by Crippen LogP contribution is 2.47. The number of benzene rings is 8. The fourth-order valence-electron chi connectivity index (χ4n) is 13.8. The van der Waals surface area contributed by atoms with E-state index in [4.69, 9.17) is 94.8 Å². The molecule has 0 aromatic heterocycles. The van der Waals surface area contributed by atoms with Gasteiger partial charge in [0.2, 0.25) is 11.8 Å². The van der Waals surface area contributed by atoms with Crippen molar-refractivity contribution in [2.75, 3.05) is 45.8 Å². The number of ether oxygens (including phenoxy) is 1. The number of aryl methyl sites for hydroxylation is 4. The average Bonchev–Trinajstić information content (AvgIpc) is 1.64. The summed E-state index contributed by atoms with van der Waals surface area (Å²) in [6, 6.07) is 51.2. The second-order valence-electron chi connectivity index (χ2n) is 31.8. The number of carboxylic acids is 1. The summed E-state index contributed by atoms with van der Waals surface area (Å²) in [5.41, 5.74) is 12.9. The highest BCUT2D eigenvalue weighted by atomic mass is 79.9. The molecule has 6 N–H and O–H groups in total. The van der Waals surface area contributed by atoms with Crippen LogP contribution in [0.5, 0.6) is 0 Å². The number of anilines is 4. The van der Waals surface area contributed by atoms with E-state index in [1.54, 1.807) is 56.3 Å². The van der Waals surface area contributed by atoms with Crippen molar-refractivity contribution in [3.8, 4) is 0 Å². The Kier molecular flexibility index (Phi) is 36.7. The Labute approximate surface area is 751 Å². The van der Waals surface area contributed by atoms with E-state index in [0.29, 0.717) is 106 Å². The molecule has 4 aliphatic carbocycles. The Morgan fingerprint density at radius 2 is 0.825 bits per heavy atom. The Hall–Kier alpha value is -7.51. The topological polar surface area (TPSA) is 247 Å². The number of nitrogens with zero attached hydrogens (tertiary/aromatic N) is 4. The zero-order chi connectivity index (χ0) is 87.0. The summed E-state index contributed by atoms with van der Waals surface area (Å²) in [4.78, 5) is 91.5. The fourth-order valence-corrected chi connectivity index (χ4v) is 15.9. The summed E-state index contributed by atoms with van der Waals surface area (Å²) < 4.78 is 6.35. The molecular formula is C94H106Br2Cl6N6O12. The molecule has 26 heteroatoms. The van der Waals surface area contributed by atoms with Gasteiger partial charge < -0.3 is 54.4 Å². The van der Waals surface area contributed by atoms with Crippen molar-refractivity contribution < 1.29 is 58.7 Å². The molecule has 2 aliphatic heterocycles. The van der Waals surface area contributed by atoms with Gasteiger partial charge >= 0.3 is 11.9 Å². The van der Waals surface area contributed by atoms with Crippen LogP contribution in [0.4, 0.5) is 22.7 Å². The van der Waals surface area contributed by atoms with Crippen LogP contribution >= 0.6 is 101 Å². The lowest BCUT2D eigenvalue weighted by Gasteiger charge is -2.39. The number of ketones is 3. The summed E-state index contributed by atoms with van der Waals surface area (Å²) in [5, 5.41) is 47.1. The highest BCUT2D eigenvalue weighted by molar-refractivity contribution is 9.10. The summed E-state index contributed by atoms with van der Waals surface area (Å²) in [7, 11) is 0. The first-order chi connectivity index (χ1) is 57.2. The third kappa shape index (κ3) is 29.3. The number of rotatable bonds is 28. The lowest BCUT2D eigenvalue weighted by atomic mass is 10.0. The van der Waals surface area contributed by atoms with Gasteiger partial charge in [0.05, 0.1) is 53.6 Å². The zero-order valence-electron chi connectivity index (χ0n) is 68.6. The molecule has 0 spiro atoms. The van der Waals surface area contributed by atoms with Crippen molar-refractivity contribution in [3.63, 3.8) is 0 Å². The molecule has 6 aliphatic rings. The first-order valence-corrected chi connectivity index (χ1v) is 44.6. The molecule has 2 heterocycles. The fraction of sp³-hybridized carbons (Fsp3) is 0.394. The first-order valence-electron chi connectivity index (χ1n) is 40.4. The Balaban J connectivity index is 0.000000176. The molecule has 8 aromatic rings. The Morgan fingerprint density at radius 3 is 1.20 bits per heavy atom. The predicted octanol–water partition coefficient (Wildman–Crippen LogP) is 20.4. The number of hydrogen-bond acceptors (Lipinski definition) is 15. The van der Waals surface area contributed by atoms with Crippen molar-refractivity contribution in [3.05, 3.63) is 260 Å². The number of Topliss-reactive ketones (excluding diaryl/α,β-unsaturated/α-hetero) is 2. The second kappa shape index (κ2) is 45.7. The minimum Gasteiger partial charge on any atom is -0.481 e. The monoisotopic (exact) mass is 1880 g/mol. The number of carbonyl (C=O) groups is 7. The van der Waals surface area contributed by atoms with Gasteiger partial charge in [0.25, 0.3) is 0 Å². The van der Waals surface area contributed by atoms with Gasteiger partial charge in [0, 0.05) is 117 Å². The lowest BCUT2D eigenvalue weighted by Crippen LogP contribution is -2.53. The smallest absolute Gasteiger partial charge is 0.306 e. The van der Waals surface area contributed by atoms with E-state index in [0.717, 1.165) is 122 Å². The van der Waals surface area contributed by atoms with E-state index < -0.39 is 22.6 Å². The Bertz CT molecular complexity index is 4880. The maximum absolute atomic E-state index is 13.8. The van der Waals surface area contributed by atoms with Crippen LogP contribution in [0.25, 0.3) is 6.08 Å². The van der Waals surface area contributed by atoms with Crippen LogP contribution in [-0.2, 0) is 102 Å². The first kappa shape index (κ1) is 96.3. The largest absolute Gasteiger partial charge is 0.481 e. The van der Waals surface area contributed by atoms with E-state index in [1.165, 1.54) is 55.6 Å². The maximum atomic E-state index is 13.8. The van der Waals surface area contributed by atoms with E-state index >= 15 is 0 Å². The molecule has 18 nitrogen and oxygen atoms in total. The molecule has 0 bridgehead atoms. The number of aliphatic hydroxyl groups excluding tert-OH is 3. The lowest BCUT2D eigenvalue weighted by molar-refractivity contribution is -0.154. The van der Waals surface area contributed by atoms with Crippen molar-refractivity contribution >= 4 is 171 Å². The molecule has 0 unspecified atom stereocenters. The molecule has 120 heavy (non-hydrogen) atoms. The SMILES string of the molecule is CC(=O)/C=C/c1ccc(Cl)c(CO)c1.CC(=O)CCc1ccc(Cl)c(CBr)c1.CC(=O)CCc1ccc(Cl)c(CO)c1.CC(C)(C)OC(=O)CCc1ccc(Cl)c(CNC2(C(=O)N3CCN(C4CC4)c4ccccc43)CC2)c1.O=C(O)CCc1ccc(Cl)c(CNC2(C(=O)N3CCN(C4CC4)c4ccccc43)CC2)c1.OCc1cc(Br)ccc1Cl. The molecule has 4 saturated carbocycles. The van der Waals surface area contributed by atoms with Crippen LogP contribution in [0.15, 0.2) is 168 Å². The third-order valence-corrected chi connectivity index (χ3v) is 24.3. The number of para-hydroxylation sites is 4. The van der Waals surface area contributed by atoms with Gasteiger partial charge in [-0.15, -0.1) is 0 Å². The number of alkyl halides is 1. The maximum Gasteiger partial charge on any atom is 0.306 e. The van der Waals surface area contributed by atoms with Crippen LogP contribution in [0.3, 0.4) is 0 Å². The van der Waals surface area contributed by atoms with Crippen LogP contribution < -0.4 is 30.2 Å². The number of aliphatic carboxylic acids is 1. The standard InChI is InChI=1S/C29H36ClN3O3.C25H28ClN3O3.C11H12BrClO.C11H13ClO2.C11H11ClO2.C7H6BrClO/c1-28(2,3)36-26(34)13-9-20-8-12-23(30)21(18-20)19-31-29(14-15-29)27(35)33-17-16-32(22-10-11-22)24-6-4-5-7-25(24)33;26-20-9-5-17(6-10-23(30)31)15-18(20)16-27-25(11-12-25)24(32)29-14-13-28(19-7-8-19)21-3-1-2-4-22(21)29;1-8(14)2-3-9-4-5-11(13)10(6-9)7-12;2*1-8(14)2-3-9-4-5-11(12)10(6-9)7-13;8-6-1-2-7(9)5(3-6)4-10/h4-8,12,18,22,31H,9-11,13-17,19H2,1-3H3;1-5,9,15,19,27H,6-8,10-14,16H2,(H,30,31);4-6H,2-3,7H2,1H3;4-6,13H,2-3,7H2,1H3;2-6,13H,7H2,1H3;1-3,10H,4H2/b;;;;3-2+;. The van der Waals surface area contributed by atoms with Gasteiger partial charge in [-0.2, -0.15) is 0 Å². The van der Waals surface area contributed by atoms with Gasteiger partial charge in [0.15, 0.2) is 5.78 Å². The average molecular weight is 1880 g/mol. The predicted molar refractivity (Wildman–Crippen MR) is 491 cm³/mol.